The zero-order valence-corrected chi connectivity index (χ0v) is 7.37. The molecule has 0 aromatic carbocycles. The van der Waals surface area contributed by atoms with Crippen molar-refractivity contribution in [1.29, 1.82) is 0 Å². The maximum absolute atomic E-state index is 11.6. The molecule has 0 amide bonds. The van der Waals surface area contributed by atoms with E-state index in [0.29, 0.717) is 12.3 Å². The van der Waals surface area contributed by atoms with Crippen LogP contribution >= 0.6 is 8.77 Å². The molecule has 0 aliphatic carbocycles. The molecule has 0 aromatic heterocycles. The highest BCUT2D eigenvalue weighted by Gasteiger charge is 2.12. The maximum atomic E-state index is 11.6. The largest absolute Gasteiger partial charge is 0.415 e. The highest BCUT2D eigenvalue weighted by atomic mass is 31.2. The molecule has 1 atom stereocenters. The minimum atomic E-state index is -3.17. The van der Waals surface area contributed by atoms with E-state index in [-0.39, 0.29) is 6.10 Å². The molecule has 62 valence electrons. The molecule has 0 spiro atoms. The quantitative estimate of drug-likeness (QED) is 0.585. The average molecular weight is 170 g/mol. The monoisotopic (exact) mass is 170 g/mol. The van der Waals surface area contributed by atoms with Gasteiger partial charge in [0.15, 0.2) is 0 Å². The van der Waals surface area contributed by atoms with Crippen LogP contribution in [0.4, 0.5) is 8.39 Å². The van der Waals surface area contributed by atoms with Gasteiger partial charge in [0.1, 0.15) is 0 Å². The van der Waals surface area contributed by atoms with Crippen LogP contribution in [0.3, 0.4) is 0 Å². The van der Waals surface area contributed by atoms with Gasteiger partial charge in [-0.25, -0.2) is 0 Å². The van der Waals surface area contributed by atoms with Crippen LogP contribution in [0.25, 0.3) is 0 Å². The van der Waals surface area contributed by atoms with Gasteiger partial charge in [0, 0.05) is 0 Å². The van der Waals surface area contributed by atoms with Crippen LogP contribution in [0.2, 0.25) is 0 Å². The number of rotatable bonds is 4. The molecule has 0 fully saturated rings. The molecule has 0 N–H and O–H groups in total. The molecule has 0 aliphatic heterocycles. The van der Waals surface area contributed by atoms with E-state index in [1.165, 1.54) is 0 Å². The maximum Gasteiger partial charge on any atom is 0.415 e. The summed E-state index contributed by atoms with van der Waals surface area (Å²) in [5.74, 6) is 0.421. The van der Waals surface area contributed by atoms with Crippen LogP contribution in [0.1, 0.15) is 27.2 Å². The first-order chi connectivity index (χ1) is 4.52. The van der Waals surface area contributed by atoms with Gasteiger partial charge in [-0.05, 0) is 19.3 Å². The van der Waals surface area contributed by atoms with Crippen molar-refractivity contribution in [3.05, 3.63) is 0 Å². The number of hydrogen-bond acceptors (Lipinski definition) is 1. The lowest BCUT2D eigenvalue weighted by Crippen LogP contribution is -2.06. The SMILES string of the molecule is CC(C)CC(C)OP(F)F. The van der Waals surface area contributed by atoms with Crippen molar-refractivity contribution >= 4 is 8.77 Å². The molecule has 0 saturated heterocycles. The number of halogens is 2. The van der Waals surface area contributed by atoms with Gasteiger partial charge in [0.05, 0.1) is 6.10 Å². The Labute approximate surface area is 61.8 Å². The van der Waals surface area contributed by atoms with Gasteiger partial charge in [-0.2, -0.15) is 8.39 Å². The van der Waals surface area contributed by atoms with Crippen molar-refractivity contribution < 1.29 is 12.9 Å². The first-order valence-electron chi connectivity index (χ1n) is 3.30. The first-order valence-corrected chi connectivity index (χ1v) is 4.35. The lowest BCUT2D eigenvalue weighted by Gasteiger charge is -2.12. The van der Waals surface area contributed by atoms with Gasteiger partial charge >= 0.3 is 8.77 Å². The van der Waals surface area contributed by atoms with E-state index < -0.39 is 8.77 Å². The topological polar surface area (TPSA) is 9.23 Å². The van der Waals surface area contributed by atoms with E-state index in [2.05, 4.69) is 4.52 Å². The Morgan fingerprint density at radius 3 is 2.10 bits per heavy atom. The molecule has 0 aromatic rings. The van der Waals surface area contributed by atoms with Crippen molar-refractivity contribution in [2.75, 3.05) is 0 Å². The Morgan fingerprint density at radius 1 is 1.30 bits per heavy atom. The molecule has 0 rings (SSSR count). The third-order valence-corrected chi connectivity index (χ3v) is 1.58. The molecular formula is C6H13F2OP. The molecule has 0 aliphatic rings. The van der Waals surface area contributed by atoms with Crippen molar-refractivity contribution in [1.82, 2.24) is 0 Å². The fourth-order valence-electron chi connectivity index (χ4n) is 0.843. The van der Waals surface area contributed by atoms with E-state index in [0.717, 1.165) is 0 Å². The second-order valence-corrected chi connectivity index (χ2v) is 3.36. The van der Waals surface area contributed by atoms with Crippen LogP contribution in [-0.4, -0.2) is 6.10 Å². The summed E-state index contributed by atoms with van der Waals surface area (Å²) in [4.78, 5) is 0. The van der Waals surface area contributed by atoms with Crippen molar-refractivity contribution in [2.24, 2.45) is 5.92 Å². The fraction of sp³-hybridized carbons (Fsp3) is 1.00. The van der Waals surface area contributed by atoms with Gasteiger partial charge in [-0.1, -0.05) is 13.8 Å². The molecule has 1 unspecified atom stereocenters. The summed E-state index contributed by atoms with van der Waals surface area (Å²) in [6, 6.07) is 0. The Kier molecular flexibility index (Phi) is 5.10. The predicted octanol–water partition coefficient (Wildman–Crippen LogP) is 3.60. The lowest BCUT2D eigenvalue weighted by atomic mass is 10.1. The van der Waals surface area contributed by atoms with Crippen molar-refractivity contribution in [3.8, 4) is 0 Å². The normalized spacial score (nSPS) is 14.7. The minimum Gasteiger partial charge on any atom is -0.303 e. The zero-order chi connectivity index (χ0) is 8.15. The smallest absolute Gasteiger partial charge is 0.303 e. The van der Waals surface area contributed by atoms with Gasteiger partial charge in [-0.15, -0.1) is 0 Å². The van der Waals surface area contributed by atoms with Gasteiger partial charge in [0.2, 0.25) is 0 Å². The summed E-state index contributed by atoms with van der Waals surface area (Å²) >= 11 is 0. The second kappa shape index (κ2) is 4.97. The van der Waals surface area contributed by atoms with E-state index in [9.17, 15) is 8.39 Å². The summed E-state index contributed by atoms with van der Waals surface area (Å²) in [7, 11) is -3.17. The standard InChI is InChI=1S/C6H13F2OP/c1-5(2)4-6(3)9-10(7)8/h5-6H,4H2,1-3H3. The molecule has 0 bridgehead atoms. The summed E-state index contributed by atoms with van der Waals surface area (Å²) in [6.07, 6.45) is 0.397. The van der Waals surface area contributed by atoms with Gasteiger partial charge < -0.3 is 4.52 Å². The fourth-order valence-corrected chi connectivity index (χ4v) is 1.20. The highest BCUT2D eigenvalue weighted by Crippen LogP contribution is 2.41. The second-order valence-electron chi connectivity index (χ2n) is 2.75. The van der Waals surface area contributed by atoms with E-state index in [1.54, 1.807) is 6.92 Å². The predicted molar refractivity (Wildman–Crippen MR) is 39.1 cm³/mol. The van der Waals surface area contributed by atoms with Gasteiger partial charge in [-0.3, -0.25) is 0 Å². The van der Waals surface area contributed by atoms with E-state index >= 15 is 0 Å². The van der Waals surface area contributed by atoms with Crippen molar-refractivity contribution in [2.45, 2.75) is 33.3 Å². The molecule has 0 heterocycles. The third-order valence-electron chi connectivity index (χ3n) is 1.06. The van der Waals surface area contributed by atoms with Crippen LogP contribution in [0.15, 0.2) is 0 Å². The van der Waals surface area contributed by atoms with E-state index in [4.69, 9.17) is 0 Å². The summed E-state index contributed by atoms with van der Waals surface area (Å²) < 4.78 is 27.4. The molecular weight excluding hydrogens is 157 g/mol. The molecule has 0 radical (unpaired) electrons. The first kappa shape index (κ1) is 10.2. The zero-order valence-electron chi connectivity index (χ0n) is 6.47. The Bertz CT molecular complexity index is 77.8. The van der Waals surface area contributed by atoms with E-state index in [1.807, 2.05) is 13.8 Å². The minimum absolute atomic E-state index is 0.305. The van der Waals surface area contributed by atoms with Crippen LogP contribution in [-0.2, 0) is 4.52 Å². The Balaban J connectivity index is 3.34. The van der Waals surface area contributed by atoms with Gasteiger partial charge in [0.25, 0.3) is 0 Å². The highest BCUT2D eigenvalue weighted by molar-refractivity contribution is 7.40. The van der Waals surface area contributed by atoms with Crippen molar-refractivity contribution in [3.63, 3.8) is 0 Å². The van der Waals surface area contributed by atoms with Crippen LogP contribution < -0.4 is 0 Å². The molecule has 4 heteroatoms. The van der Waals surface area contributed by atoms with Crippen LogP contribution in [0.5, 0.6) is 0 Å². The lowest BCUT2D eigenvalue weighted by molar-refractivity contribution is 0.191. The Morgan fingerprint density at radius 2 is 1.80 bits per heavy atom. The summed E-state index contributed by atoms with van der Waals surface area (Å²) in [5, 5.41) is 0. The third kappa shape index (κ3) is 6.37. The molecule has 1 nitrogen and oxygen atoms in total. The molecule has 10 heavy (non-hydrogen) atoms. The number of hydrogen-bond donors (Lipinski definition) is 0. The average Bonchev–Trinajstić information content (AvgIpc) is 1.58. The summed E-state index contributed by atoms with van der Waals surface area (Å²) in [6.45, 7) is 5.64. The van der Waals surface area contributed by atoms with Crippen LogP contribution in [0, 0.1) is 5.92 Å². The molecule has 0 saturated carbocycles. The Hall–Kier alpha value is 0.250. The summed E-state index contributed by atoms with van der Waals surface area (Å²) in [5.41, 5.74) is 0.